The number of carbonyl (C=O) groups excluding carboxylic acids is 4. The van der Waals surface area contributed by atoms with Crippen molar-refractivity contribution in [3.63, 3.8) is 0 Å². The number of allylic oxidation sites excluding steroid dienone is 2. The van der Waals surface area contributed by atoms with Gasteiger partial charge in [-0.2, -0.15) is 0 Å². The third kappa shape index (κ3) is 9.46. The molecule has 5 amide bonds. The van der Waals surface area contributed by atoms with E-state index >= 15 is 0 Å². The van der Waals surface area contributed by atoms with Gasteiger partial charge >= 0.3 is 6.03 Å². The lowest BCUT2D eigenvalue weighted by molar-refractivity contribution is -0.156. The Morgan fingerprint density at radius 2 is 1.78 bits per heavy atom. The number of amides is 5. The zero-order valence-electron chi connectivity index (χ0n) is 32.5. The number of alkyl halides is 2. The van der Waals surface area contributed by atoms with Crippen molar-refractivity contribution in [2.75, 3.05) is 37.2 Å². The lowest BCUT2D eigenvalue weighted by Crippen LogP contribution is -2.66. The van der Waals surface area contributed by atoms with Gasteiger partial charge in [0, 0.05) is 56.8 Å². The van der Waals surface area contributed by atoms with Crippen molar-refractivity contribution in [1.82, 2.24) is 25.0 Å². The molecule has 59 heavy (non-hydrogen) atoms. The first kappa shape index (κ1) is 41.5. The number of benzene rings is 4. The fourth-order valence-electron chi connectivity index (χ4n) is 7.71. The number of nitrogen functional groups attached to an aromatic ring is 1. The molecule has 1 saturated heterocycles. The maximum atomic E-state index is 14.7. The average Bonchev–Trinajstić information content (AvgIpc) is 3.63. The number of piperazine rings is 1. The Kier molecular flexibility index (Phi) is 13.0. The predicted octanol–water partition coefficient (Wildman–Crippen LogP) is 7.75. The molecule has 1 fully saturated rings. The van der Waals surface area contributed by atoms with Crippen LogP contribution >= 0.6 is 34.5 Å². The fourth-order valence-corrected chi connectivity index (χ4v) is 8.88. The van der Waals surface area contributed by atoms with Gasteiger partial charge in [-0.15, -0.1) is 29.8 Å². The molecule has 1 aliphatic carbocycles. The summed E-state index contributed by atoms with van der Waals surface area (Å²) in [7, 11) is 0. The zero-order valence-corrected chi connectivity index (χ0v) is 34.9. The molecular weight excluding hydrogens is 806 g/mol. The van der Waals surface area contributed by atoms with Crippen LogP contribution in [0.3, 0.4) is 0 Å². The van der Waals surface area contributed by atoms with Gasteiger partial charge in [0.2, 0.25) is 11.8 Å². The molecule has 1 aromatic heterocycles. The summed E-state index contributed by atoms with van der Waals surface area (Å²) in [6.45, 7) is 6.63. The highest BCUT2D eigenvalue weighted by atomic mass is 35.5. The van der Waals surface area contributed by atoms with Crippen LogP contribution in [0.5, 0.6) is 0 Å². The molecule has 7 rings (SSSR count). The Labute approximate surface area is 357 Å². The molecule has 4 aromatic carbocycles. The van der Waals surface area contributed by atoms with E-state index in [1.54, 1.807) is 52.0 Å². The molecule has 4 atom stereocenters. The number of hydrogen-bond donors (Lipinski definition) is 3. The number of hydrogen-bond acceptors (Lipinski definition) is 7. The number of anilines is 2. The standard InChI is InChI=1S/C45H45Cl2N7O4S/c1-3-21-52(45(58)49-24-29-17-20-36(46)37(47)22-29)26-33-27-53(25-31-11-8-14-39-41(31)51-44(48)59-39)43(57)38(54(33)40(55)4-2)23-28-15-18-32(19-16-28)50-42(56)35-13-7-10-30-9-5-6-12-34(30)35/h3,5-20,22,33,36-38H,1,4,21,23-27H2,2H3,(H2,48,51)(H,49,58)(H,50,56)/t33-,36?,37?,38-/m0/s1. The van der Waals surface area contributed by atoms with Gasteiger partial charge in [-0.3, -0.25) is 14.4 Å². The van der Waals surface area contributed by atoms with Gasteiger partial charge in [0.15, 0.2) is 5.13 Å². The van der Waals surface area contributed by atoms with Gasteiger partial charge in [0.25, 0.3) is 5.91 Å². The highest BCUT2D eigenvalue weighted by Crippen LogP contribution is 2.30. The van der Waals surface area contributed by atoms with Gasteiger partial charge in [0.05, 0.1) is 27.0 Å². The molecule has 2 unspecified atom stereocenters. The van der Waals surface area contributed by atoms with E-state index in [-0.39, 0.29) is 74.7 Å². The van der Waals surface area contributed by atoms with Crippen molar-refractivity contribution in [3.05, 3.63) is 138 Å². The summed E-state index contributed by atoms with van der Waals surface area (Å²) in [5.74, 6) is -0.665. The molecule has 0 bridgehead atoms. The minimum Gasteiger partial charge on any atom is -0.375 e. The number of urea groups is 1. The molecule has 2 aliphatic rings. The lowest BCUT2D eigenvalue weighted by Gasteiger charge is -2.47. The molecule has 0 radical (unpaired) electrons. The van der Waals surface area contributed by atoms with Crippen LogP contribution in [0.15, 0.2) is 121 Å². The van der Waals surface area contributed by atoms with E-state index in [4.69, 9.17) is 28.9 Å². The molecular formula is C45H45Cl2N7O4S. The maximum absolute atomic E-state index is 14.7. The third-order valence-electron chi connectivity index (χ3n) is 10.6. The first-order chi connectivity index (χ1) is 28.5. The lowest BCUT2D eigenvalue weighted by atomic mass is 9.96. The van der Waals surface area contributed by atoms with E-state index in [9.17, 15) is 19.2 Å². The van der Waals surface area contributed by atoms with Crippen LogP contribution in [0.2, 0.25) is 0 Å². The number of fused-ring (bicyclic) bond motifs is 2. The van der Waals surface area contributed by atoms with Crippen LogP contribution < -0.4 is 16.4 Å². The Morgan fingerprint density at radius 1 is 1.02 bits per heavy atom. The van der Waals surface area contributed by atoms with Crippen molar-refractivity contribution < 1.29 is 19.2 Å². The summed E-state index contributed by atoms with van der Waals surface area (Å²) >= 11 is 13.9. The van der Waals surface area contributed by atoms with Crippen LogP contribution in [0, 0.1) is 0 Å². The van der Waals surface area contributed by atoms with Gasteiger partial charge in [-0.25, -0.2) is 9.78 Å². The fraction of sp³-hybridized carbons (Fsp3) is 0.267. The van der Waals surface area contributed by atoms with Gasteiger partial charge in [-0.1, -0.05) is 103 Å². The summed E-state index contributed by atoms with van der Waals surface area (Å²) in [4.78, 5) is 65.4. The first-order valence-corrected chi connectivity index (χ1v) is 21.1. The molecule has 4 N–H and O–H groups in total. The molecule has 2 heterocycles. The third-order valence-corrected chi connectivity index (χ3v) is 12.4. The minimum atomic E-state index is -0.882. The number of thiazole rings is 1. The summed E-state index contributed by atoms with van der Waals surface area (Å²) in [5, 5.41) is 7.50. The number of para-hydroxylation sites is 1. The van der Waals surface area contributed by atoms with Crippen molar-refractivity contribution in [2.24, 2.45) is 0 Å². The summed E-state index contributed by atoms with van der Waals surface area (Å²) < 4.78 is 0.909. The van der Waals surface area contributed by atoms with Crippen LogP contribution in [0.4, 0.5) is 15.6 Å². The Balaban J connectivity index is 1.15. The Hall–Kier alpha value is -5.69. The van der Waals surface area contributed by atoms with Gasteiger partial charge in [0.1, 0.15) is 6.04 Å². The maximum Gasteiger partial charge on any atom is 0.318 e. The van der Waals surface area contributed by atoms with Crippen LogP contribution in [0.25, 0.3) is 21.0 Å². The van der Waals surface area contributed by atoms with E-state index in [1.165, 1.54) is 11.3 Å². The minimum absolute atomic E-state index is 0.133. The smallest absolute Gasteiger partial charge is 0.318 e. The second kappa shape index (κ2) is 18.5. The van der Waals surface area contributed by atoms with E-state index in [0.29, 0.717) is 16.4 Å². The van der Waals surface area contributed by atoms with Crippen molar-refractivity contribution in [1.29, 1.82) is 0 Å². The highest BCUT2D eigenvalue weighted by molar-refractivity contribution is 7.22. The number of nitrogens with one attached hydrogen (secondary N) is 2. The quantitative estimate of drug-likeness (QED) is 0.0818. The van der Waals surface area contributed by atoms with Crippen molar-refractivity contribution in [2.45, 2.75) is 49.1 Å². The Morgan fingerprint density at radius 3 is 2.54 bits per heavy atom. The summed E-state index contributed by atoms with van der Waals surface area (Å²) in [6, 6.07) is 24.6. The van der Waals surface area contributed by atoms with E-state index < -0.39 is 17.5 Å². The van der Waals surface area contributed by atoms with Crippen LogP contribution in [-0.4, -0.2) is 92.5 Å². The SMILES string of the molecule is C=CCN(C[C@H]1CN(Cc2cccc3sc(N)nc23)C(=O)[C@H](Cc2ccc(NC(=O)c3cccc4ccccc34)cc2)N1C(=O)CC)C(=O)NCC1=CC(Cl)C(Cl)C=C1. The number of aromatic nitrogens is 1. The van der Waals surface area contributed by atoms with Crippen LogP contribution in [-0.2, 0) is 22.6 Å². The normalized spacial score (nSPS) is 19.1. The largest absolute Gasteiger partial charge is 0.375 e. The molecule has 304 valence electrons. The summed E-state index contributed by atoms with van der Waals surface area (Å²) in [5.41, 5.74) is 10.4. The van der Waals surface area contributed by atoms with E-state index in [0.717, 1.165) is 37.7 Å². The number of halogens is 2. The predicted molar refractivity (Wildman–Crippen MR) is 238 cm³/mol. The number of nitrogens with zero attached hydrogens (tertiary/aromatic N) is 4. The van der Waals surface area contributed by atoms with Crippen molar-refractivity contribution in [3.8, 4) is 0 Å². The number of nitrogens with two attached hydrogens (primary N) is 1. The molecule has 14 heteroatoms. The molecule has 1 aliphatic heterocycles. The molecule has 5 aromatic rings. The number of carbonyl (C=O) groups is 4. The second-order valence-corrected chi connectivity index (χ2v) is 16.7. The molecule has 0 saturated carbocycles. The molecule has 11 nitrogen and oxygen atoms in total. The van der Waals surface area contributed by atoms with Gasteiger partial charge < -0.3 is 31.1 Å². The highest BCUT2D eigenvalue weighted by Gasteiger charge is 2.43. The first-order valence-electron chi connectivity index (χ1n) is 19.5. The van der Waals surface area contributed by atoms with Crippen LogP contribution in [0.1, 0.15) is 34.8 Å². The topological polar surface area (TPSA) is 141 Å². The van der Waals surface area contributed by atoms with Crippen molar-refractivity contribution >= 4 is 90.1 Å². The van der Waals surface area contributed by atoms with E-state index in [1.807, 2.05) is 78.9 Å². The summed E-state index contributed by atoms with van der Waals surface area (Å²) in [6.07, 6.45) is 7.45. The average molecular weight is 851 g/mol. The Bertz CT molecular complexity index is 2450. The zero-order chi connectivity index (χ0) is 41.6. The monoisotopic (exact) mass is 849 g/mol. The van der Waals surface area contributed by atoms with E-state index in [2.05, 4.69) is 22.2 Å². The molecule has 0 spiro atoms. The van der Waals surface area contributed by atoms with Gasteiger partial charge in [-0.05, 0) is 51.7 Å². The second-order valence-electron chi connectivity index (χ2n) is 14.6. The number of rotatable bonds is 13.